The summed E-state index contributed by atoms with van der Waals surface area (Å²) in [7, 11) is 0. The van der Waals surface area contributed by atoms with Gasteiger partial charge >= 0.3 is 0 Å². The Kier molecular flexibility index (Phi) is 4.65. The Morgan fingerprint density at radius 1 is 1.15 bits per heavy atom. The highest BCUT2D eigenvalue weighted by molar-refractivity contribution is 5.13. The molecule has 2 fully saturated rings. The Hall–Kier alpha value is -0.980. The summed E-state index contributed by atoms with van der Waals surface area (Å²) in [5.41, 5.74) is 1.08. The van der Waals surface area contributed by atoms with Crippen molar-refractivity contribution in [2.75, 3.05) is 39.4 Å². The maximum absolute atomic E-state index is 10.1. The van der Waals surface area contributed by atoms with Crippen LogP contribution in [0, 0.1) is 0 Å². The third-order valence-electron chi connectivity index (χ3n) is 4.04. The number of nitrogens with zero attached hydrogens (tertiary/aromatic N) is 2. The van der Waals surface area contributed by atoms with Crippen LogP contribution in [0.25, 0.3) is 0 Å². The summed E-state index contributed by atoms with van der Waals surface area (Å²) in [5, 5.41) is 10.1. The summed E-state index contributed by atoms with van der Waals surface area (Å²) >= 11 is 0. The second-order valence-corrected chi connectivity index (χ2v) is 5.39. The lowest BCUT2D eigenvalue weighted by Crippen LogP contribution is -2.58. The molecule has 1 N–H and O–H groups in total. The van der Waals surface area contributed by atoms with Crippen LogP contribution < -0.4 is 0 Å². The normalized spacial score (nSPS) is 23.4. The van der Waals surface area contributed by atoms with Gasteiger partial charge in [0.15, 0.2) is 0 Å². The van der Waals surface area contributed by atoms with E-state index in [1.807, 2.05) is 35.2 Å². The van der Waals surface area contributed by atoms with Crippen molar-refractivity contribution in [3.8, 4) is 0 Å². The molecule has 0 amide bonds. The van der Waals surface area contributed by atoms with Crippen molar-refractivity contribution in [1.29, 1.82) is 0 Å². The second-order valence-electron chi connectivity index (χ2n) is 5.39. The molecule has 0 aromatic heterocycles. The van der Waals surface area contributed by atoms with Crippen LogP contribution in [0.15, 0.2) is 30.3 Å². The highest BCUT2D eigenvalue weighted by atomic mass is 16.6. The smallest absolute Gasteiger partial charge is 0.216 e. The fourth-order valence-corrected chi connectivity index (χ4v) is 2.61. The van der Waals surface area contributed by atoms with Gasteiger partial charge in [0, 0.05) is 26.2 Å². The minimum absolute atomic E-state index is 0.443. The Bertz CT molecular complexity index is 403. The summed E-state index contributed by atoms with van der Waals surface area (Å²) in [6.07, 6.45) is -0.810. The highest BCUT2D eigenvalue weighted by Gasteiger charge is 2.30. The first kappa shape index (κ1) is 14.0. The topological polar surface area (TPSA) is 45.2 Å². The molecular formula is C15H22N2O3. The van der Waals surface area contributed by atoms with E-state index in [1.54, 1.807) is 0 Å². The predicted molar refractivity (Wildman–Crippen MR) is 75.0 cm³/mol. The first-order chi connectivity index (χ1) is 9.83. The molecule has 2 heterocycles. The van der Waals surface area contributed by atoms with E-state index in [9.17, 15) is 5.11 Å². The van der Waals surface area contributed by atoms with Gasteiger partial charge in [-0.3, -0.25) is 9.80 Å². The average molecular weight is 278 g/mol. The molecular weight excluding hydrogens is 256 g/mol. The number of ether oxygens (including phenoxy) is 2. The molecule has 5 nitrogen and oxygen atoms in total. The van der Waals surface area contributed by atoms with Gasteiger partial charge in [-0.1, -0.05) is 30.3 Å². The zero-order valence-corrected chi connectivity index (χ0v) is 11.6. The first-order valence-electron chi connectivity index (χ1n) is 7.22. The zero-order valence-electron chi connectivity index (χ0n) is 11.6. The van der Waals surface area contributed by atoms with E-state index >= 15 is 0 Å². The molecule has 5 heteroatoms. The SMILES string of the molecule is OC(OCc1ccccc1)N1CCN(C2COC2)CC1. The van der Waals surface area contributed by atoms with Crippen molar-refractivity contribution < 1.29 is 14.6 Å². The lowest BCUT2D eigenvalue weighted by molar-refractivity contribution is -0.211. The molecule has 0 aliphatic carbocycles. The van der Waals surface area contributed by atoms with Gasteiger partial charge in [0.1, 0.15) is 0 Å². The van der Waals surface area contributed by atoms with E-state index in [-0.39, 0.29) is 0 Å². The number of hydrogen-bond donors (Lipinski definition) is 1. The number of benzene rings is 1. The summed E-state index contributed by atoms with van der Waals surface area (Å²) in [4.78, 5) is 4.42. The largest absolute Gasteiger partial charge is 0.378 e. The third-order valence-corrected chi connectivity index (χ3v) is 4.04. The fourth-order valence-electron chi connectivity index (χ4n) is 2.61. The molecule has 20 heavy (non-hydrogen) atoms. The molecule has 2 saturated heterocycles. The van der Waals surface area contributed by atoms with E-state index < -0.39 is 6.41 Å². The van der Waals surface area contributed by atoms with Crippen LogP contribution in [-0.4, -0.2) is 66.8 Å². The lowest BCUT2D eigenvalue weighted by Gasteiger charge is -2.43. The van der Waals surface area contributed by atoms with Crippen molar-refractivity contribution >= 4 is 0 Å². The number of piperazine rings is 1. The molecule has 1 atom stereocenters. The minimum Gasteiger partial charge on any atom is -0.378 e. The molecule has 3 rings (SSSR count). The van der Waals surface area contributed by atoms with Crippen LogP contribution >= 0.6 is 0 Å². The van der Waals surface area contributed by atoms with E-state index in [0.29, 0.717) is 12.6 Å². The number of aliphatic hydroxyl groups is 1. The summed E-state index contributed by atoms with van der Waals surface area (Å²) in [5.74, 6) is 0. The van der Waals surface area contributed by atoms with Crippen molar-refractivity contribution in [3.05, 3.63) is 35.9 Å². The summed E-state index contributed by atoms with van der Waals surface area (Å²) in [6.45, 7) is 5.78. The Morgan fingerprint density at radius 2 is 1.85 bits per heavy atom. The van der Waals surface area contributed by atoms with Gasteiger partial charge < -0.3 is 14.6 Å². The molecule has 0 saturated carbocycles. The van der Waals surface area contributed by atoms with Crippen molar-refractivity contribution in [2.45, 2.75) is 19.1 Å². The lowest BCUT2D eigenvalue weighted by atomic mass is 10.2. The van der Waals surface area contributed by atoms with Crippen LogP contribution in [0.4, 0.5) is 0 Å². The Labute approximate surface area is 119 Å². The Morgan fingerprint density at radius 3 is 2.45 bits per heavy atom. The summed E-state index contributed by atoms with van der Waals surface area (Å²) in [6, 6.07) is 10.5. The van der Waals surface area contributed by atoms with Gasteiger partial charge in [-0.05, 0) is 5.56 Å². The monoisotopic (exact) mass is 278 g/mol. The van der Waals surface area contributed by atoms with Crippen LogP contribution in [0.1, 0.15) is 5.56 Å². The minimum atomic E-state index is -0.810. The standard InChI is InChI=1S/C15H22N2O3/c18-15(20-10-13-4-2-1-3-5-13)17-8-6-16(7-9-17)14-11-19-12-14/h1-5,14-15,18H,6-12H2. The quantitative estimate of drug-likeness (QED) is 0.795. The van der Waals surface area contributed by atoms with Gasteiger partial charge in [-0.15, -0.1) is 0 Å². The molecule has 0 radical (unpaired) electrons. The van der Waals surface area contributed by atoms with Crippen molar-refractivity contribution in [2.24, 2.45) is 0 Å². The van der Waals surface area contributed by atoms with Crippen molar-refractivity contribution in [1.82, 2.24) is 9.80 Å². The number of rotatable bonds is 5. The van der Waals surface area contributed by atoms with Gasteiger partial charge in [-0.25, -0.2) is 0 Å². The van der Waals surface area contributed by atoms with Gasteiger partial charge in [0.2, 0.25) is 6.41 Å². The van der Waals surface area contributed by atoms with Gasteiger partial charge in [0.05, 0.1) is 25.9 Å². The third kappa shape index (κ3) is 3.37. The maximum atomic E-state index is 10.1. The fraction of sp³-hybridized carbons (Fsp3) is 0.600. The van der Waals surface area contributed by atoms with E-state index in [2.05, 4.69) is 4.90 Å². The average Bonchev–Trinajstić information content (AvgIpc) is 2.45. The summed E-state index contributed by atoms with van der Waals surface area (Å²) < 4.78 is 10.8. The van der Waals surface area contributed by atoms with Crippen LogP contribution in [-0.2, 0) is 16.1 Å². The Balaban J connectivity index is 1.41. The maximum Gasteiger partial charge on any atom is 0.216 e. The molecule has 1 aromatic carbocycles. The van der Waals surface area contributed by atoms with Crippen LogP contribution in [0.5, 0.6) is 0 Å². The van der Waals surface area contributed by atoms with Crippen LogP contribution in [0.3, 0.4) is 0 Å². The molecule has 1 aromatic rings. The second kappa shape index (κ2) is 6.65. The van der Waals surface area contributed by atoms with Crippen LogP contribution in [0.2, 0.25) is 0 Å². The molecule has 2 aliphatic heterocycles. The predicted octanol–water partition coefficient (Wildman–Crippen LogP) is 0.496. The van der Waals surface area contributed by atoms with Gasteiger partial charge in [-0.2, -0.15) is 0 Å². The van der Waals surface area contributed by atoms with Gasteiger partial charge in [0.25, 0.3) is 0 Å². The number of hydrogen-bond acceptors (Lipinski definition) is 5. The van der Waals surface area contributed by atoms with E-state index in [0.717, 1.165) is 45.0 Å². The molecule has 110 valence electrons. The first-order valence-corrected chi connectivity index (χ1v) is 7.22. The highest BCUT2D eigenvalue weighted by Crippen LogP contribution is 2.15. The van der Waals surface area contributed by atoms with Crippen molar-refractivity contribution in [3.63, 3.8) is 0 Å². The molecule has 1 unspecified atom stereocenters. The van der Waals surface area contributed by atoms with E-state index in [1.165, 1.54) is 0 Å². The molecule has 2 aliphatic rings. The zero-order chi connectivity index (χ0) is 13.8. The molecule has 0 bridgehead atoms. The van der Waals surface area contributed by atoms with E-state index in [4.69, 9.17) is 9.47 Å². The molecule has 0 spiro atoms. The number of aliphatic hydroxyl groups excluding tert-OH is 1.